The molecule has 164 valence electrons. The summed E-state index contributed by atoms with van der Waals surface area (Å²) in [7, 11) is -5.44. The smallest absolute Gasteiger partial charge is 0.258 e. The predicted octanol–water partition coefficient (Wildman–Crippen LogP) is 3.25. The van der Waals surface area contributed by atoms with Crippen LogP contribution < -0.4 is 9.62 Å². The zero-order valence-corrected chi connectivity index (χ0v) is 19.5. The lowest BCUT2D eigenvalue weighted by Gasteiger charge is -2.16. The predicted molar refractivity (Wildman–Crippen MR) is 123 cm³/mol. The lowest BCUT2D eigenvalue weighted by molar-refractivity contribution is 0.102. The number of sulfone groups is 1. The second-order valence-corrected chi connectivity index (χ2v) is 11.8. The SMILES string of the molecule is CCS(=O)(=O)c1ccccc1C(=O)Nc1nc(-c2ccc(N(C)S(C)(=O)=O)cc2)cs1. The van der Waals surface area contributed by atoms with Gasteiger partial charge >= 0.3 is 0 Å². The zero-order chi connectivity index (χ0) is 22.8. The van der Waals surface area contributed by atoms with E-state index in [0.29, 0.717) is 16.5 Å². The van der Waals surface area contributed by atoms with E-state index >= 15 is 0 Å². The van der Waals surface area contributed by atoms with Crippen LogP contribution in [0.15, 0.2) is 58.8 Å². The molecule has 0 aliphatic rings. The number of carbonyl (C=O) groups is 1. The van der Waals surface area contributed by atoms with Gasteiger partial charge in [-0.2, -0.15) is 0 Å². The number of rotatable bonds is 7. The largest absolute Gasteiger partial charge is 0.298 e. The quantitative estimate of drug-likeness (QED) is 0.556. The summed E-state index contributed by atoms with van der Waals surface area (Å²) in [6, 6.07) is 12.9. The number of sulfonamides is 1. The maximum atomic E-state index is 12.7. The van der Waals surface area contributed by atoms with Gasteiger partial charge in [0.2, 0.25) is 10.0 Å². The topological polar surface area (TPSA) is 114 Å². The standard InChI is InChI=1S/C20H21N3O5S3/c1-4-31(27,28)18-8-6-5-7-16(18)19(24)22-20-21-17(13-29-20)14-9-11-15(12-10-14)23(2)30(3,25)26/h5-13H,4H2,1-3H3,(H,21,22,24). The molecule has 11 heteroatoms. The molecule has 0 atom stereocenters. The second-order valence-electron chi connectivity index (χ2n) is 6.67. The molecule has 0 radical (unpaired) electrons. The minimum atomic E-state index is -3.55. The molecular weight excluding hydrogens is 458 g/mol. The highest BCUT2D eigenvalue weighted by atomic mass is 32.2. The van der Waals surface area contributed by atoms with Gasteiger partial charge in [0.05, 0.1) is 33.8 Å². The molecule has 0 aliphatic heterocycles. The molecule has 0 aliphatic carbocycles. The lowest BCUT2D eigenvalue weighted by atomic mass is 10.1. The van der Waals surface area contributed by atoms with E-state index < -0.39 is 25.8 Å². The number of benzene rings is 2. The molecule has 1 heterocycles. The monoisotopic (exact) mass is 479 g/mol. The van der Waals surface area contributed by atoms with Gasteiger partial charge in [-0.1, -0.05) is 31.2 Å². The number of aromatic nitrogens is 1. The summed E-state index contributed by atoms with van der Waals surface area (Å²) >= 11 is 1.20. The average Bonchev–Trinajstić information content (AvgIpc) is 3.21. The number of carbonyl (C=O) groups excluding carboxylic acids is 1. The van der Waals surface area contributed by atoms with Gasteiger partial charge in [0.15, 0.2) is 15.0 Å². The summed E-state index contributed by atoms with van der Waals surface area (Å²) in [6.07, 6.45) is 1.13. The molecule has 0 spiro atoms. The van der Waals surface area contributed by atoms with Crippen molar-refractivity contribution in [3.8, 4) is 11.3 Å². The Morgan fingerprint density at radius 2 is 1.71 bits per heavy atom. The number of anilines is 2. The second kappa shape index (κ2) is 8.77. The number of thiazole rings is 1. The first-order valence-electron chi connectivity index (χ1n) is 9.16. The molecule has 1 aromatic heterocycles. The first-order chi connectivity index (χ1) is 14.5. The first kappa shape index (κ1) is 22.9. The van der Waals surface area contributed by atoms with E-state index in [1.54, 1.807) is 41.8 Å². The van der Waals surface area contributed by atoms with E-state index in [0.717, 1.165) is 11.8 Å². The average molecular weight is 480 g/mol. The third-order valence-electron chi connectivity index (χ3n) is 4.60. The van der Waals surface area contributed by atoms with Crippen molar-refractivity contribution >= 4 is 47.9 Å². The molecule has 8 nitrogen and oxygen atoms in total. The van der Waals surface area contributed by atoms with Crippen molar-refractivity contribution in [1.29, 1.82) is 0 Å². The highest BCUT2D eigenvalue weighted by Crippen LogP contribution is 2.28. The van der Waals surface area contributed by atoms with Crippen LogP contribution in [0.5, 0.6) is 0 Å². The van der Waals surface area contributed by atoms with Crippen LogP contribution in [0.25, 0.3) is 11.3 Å². The van der Waals surface area contributed by atoms with Crippen molar-refractivity contribution in [1.82, 2.24) is 4.98 Å². The minimum Gasteiger partial charge on any atom is -0.298 e. The maximum absolute atomic E-state index is 12.7. The van der Waals surface area contributed by atoms with E-state index in [2.05, 4.69) is 10.3 Å². The molecule has 0 saturated carbocycles. The van der Waals surface area contributed by atoms with Gasteiger partial charge in [0, 0.05) is 18.0 Å². The van der Waals surface area contributed by atoms with Crippen molar-refractivity contribution in [2.24, 2.45) is 0 Å². The molecule has 31 heavy (non-hydrogen) atoms. The number of nitrogens with one attached hydrogen (secondary N) is 1. The van der Waals surface area contributed by atoms with E-state index in [1.165, 1.54) is 41.7 Å². The highest BCUT2D eigenvalue weighted by molar-refractivity contribution is 7.92. The van der Waals surface area contributed by atoms with Crippen molar-refractivity contribution in [3.05, 3.63) is 59.5 Å². The Morgan fingerprint density at radius 3 is 2.32 bits per heavy atom. The van der Waals surface area contributed by atoms with Crippen LogP contribution in [0.4, 0.5) is 10.8 Å². The third kappa shape index (κ3) is 5.12. The molecule has 1 amide bonds. The Kier molecular flexibility index (Phi) is 6.48. The Balaban J connectivity index is 1.81. The number of hydrogen-bond acceptors (Lipinski definition) is 7. The van der Waals surface area contributed by atoms with Gasteiger partial charge in [0.25, 0.3) is 5.91 Å². The van der Waals surface area contributed by atoms with Crippen LogP contribution in [0.3, 0.4) is 0 Å². The Labute approximate surface area is 185 Å². The fourth-order valence-corrected chi connectivity index (χ4v) is 5.05. The van der Waals surface area contributed by atoms with Crippen molar-refractivity contribution in [3.63, 3.8) is 0 Å². The normalized spacial score (nSPS) is 11.8. The molecule has 0 bridgehead atoms. The van der Waals surface area contributed by atoms with Crippen LogP contribution in [0.2, 0.25) is 0 Å². The maximum Gasteiger partial charge on any atom is 0.258 e. The summed E-state index contributed by atoms with van der Waals surface area (Å²) < 4.78 is 49.0. The highest BCUT2D eigenvalue weighted by Gasteiger charge is 2.21. The Morgan fingerprint density at radius 1 is 1.06 bits per heavy atom. The van der Waals surface area contributed by atoms with E-state index in [1.807, 2.05) is 0 Å². The van der Waals surface area contributed by atoms with E-state index in [-0.39, 0.29) is 16.2 Å². The van der Waals surface area contributed by atoms with E-state index in [4.69, 9.17) is 0 Å². The molecule has 0 fully saturated rings. The van der Waals surface area contributed by atoms with Gasteiger partial charge in [-0.15, -0.1) is 11.3 Å². The number of hydrogen-bond donors (Lipinski definition) is 1. The molecule has 0 unspecified atom stereocenters. The minimum absolute atomic E-state index is 0.0163. The summed E-state index contributed by atoms with van der Waals surface area (Å²) in [4.78, 5) is 17.1. The Hall–Kier alpha value is -2.76. The summed E-state index contributed by atoms with van der Waals surface area (Å²) in [5.41, 5.74) is 1.93. The molecule has 3 aromatic rings. The summed E-state index contributed by atoms with van der Waals surface area (Å²) in [6.45, 7) is 1.52. The first-order valence-corrected chi connectivity index (χ1v) is 13.5. The number of nitrogens with zero attached hydrogens (tertiary/aromatic N) is 2. The van der Waals surface area contributed by atoms with Crippen LogP contribution in [-0.2, 0) is 19.9 Å². The van der Waals surface area contributed by atoms with Crippen molar-refractivity contribution in [2.45, 2.75) is 11.8 Å². The lowest BCUT2D eigenvalue weighted by Crippen LogP contribution is -2.24. The number of amides is 1. The fourth-order valence-electron chi connectivity index (χ4n) is 2.74. The molecular formula is C20H21N3O5S3. The zero-order valence-electron chi connectivity index (χ0n) is 17.1. The molecule has 0 saturated heterocycles. The summed E-state index contributed by atoms with van der Waals surface area (Å²) in [5.74, 6) is -0.665. The van der Waals surface area contributed by atoms with Gasteiger partial charge in [0.1, 0.15) is 0 Å². The fraction of sp³-hybridized carbons (Fsp3) is 0.200. The van der Waals surface area contributed by atoms with E-state index in [9.17, 15) is 21.6 Å². The summed E-state index contributed by atoms with van der Waals surface area (Å²) in [5, 5.41) is 4.72. The third-order valence-corrected chi connectivity index (χ3v) is 8.35. The van der Waals surface area contributed by atoms with Gasteiger partial charge in [-0.25, -0.2) is 21.8 Å². The van der Waals surface area contributed by atoms with Crippen LogP contribution in [0.1, 0.15) is 17.3 Å². The van der Waals surface area contributed by atoms with Gasteiger partial charge < -0.3 is 0 Å². The van der Waals surface area contributed by atoms with Crippen LogP contribution >= 0.6 is 11.3 Å². The van der Waals surface area contributed by atoms with Crippen LogP contribution in [-0.4, -0.2) is 46.8 Å². The van der Waals surface area contributed by atoms with Crippen molar-refractivity contribution < 1.29 is 21.6 Å². The van der Waals surface area contributed by atoms with Gasteiger partial charge in [-0.05, 0) is 24.3 Å². The van der Waals surface area contributed by atoms with Crippen LogP contribution in [0, 0.1) is 0 Å². The molecule has 2 aromatic carbocycles. The Bertz CT molecular complexity index is 1310. The molecule has 3 rings (SSSR count). The molecule has 1 N–H and O–H groups in total. The van der Waals surface area contributed by atoms with Crippen molar-refractivity contribution in [2.75, 3.05) is 28.7 Å². The van der Waals surface area contributed by atoms with Gasteiger partial charge in [-0.3, -0.25) is 14.4 Å².